The average Bonchev–Trinajstić information content (AvgIpc) is 2.37. The maximum absolute atomic E-state index is 11.2. The molecule has 0 amide bonds. The van der Waals surface area contributed by atoms with Gasteiger partial charge in [0.1, 0.15) is 6.04 Å². The van der Waals surface area contributed by atoms with Crippen molar-refractivity contribution in [2.24, 2.45) is 5.73 Å². The third-order valence-electron chi connectivity index (χ3n) is 2.12. The lowest BCUT2D eigenvalue weighted by Gasteiger charge is -2.11. The number of methoxy groups -OCH3 is 3. The maximum atomic E-state index is 11.2. The third-order valence-corrected chi connectivity index (χ3v) is 2.12. The molecule has 0 aliphatic rings. The van der Waals surface area contributed by atoms with Crippen LogP contribution in [-0.2, 0) is 16.0 Å². The van der Waals surface area contributed by atoms with Crippen LogP contribution in [-0.4, -0.2) is 43.3 Å². The van der Waals surface area contributed by atoms with E-state index < -0.39 is 12.0 Å². The largest absolute Gasteiger partial charge is 0.481 e. The van der Waals surface area contributed by atoms with Gasteiger partial charge in [0.05, 0.1) is 21.3 Å². The van der Waals surface area contributed by atoms with Crippen LogP contribution in [0.2, 0.25) is 0 Å². The first-order valence-corrected chi connectivity index (χ1v) is 4.89. The van der Waals surface area contributed by atoms with Gasteiger partial charge in [0, 0.05) is 18.2 Å². The SMILES string of the molecule is COC(=O)C(N)Cc1cnc(OC)nc1OC. The van der Waals surface area contributed by atoms with Crippen molar-refractivity contribution in [3.63, 3.8) is 0 Å². The molecule has 0 aliphatic carbocycles. The fourth-order valence-corrected chi connectivity index (χ4v) is 1.26. The molecule has 1 aromatic heterocycles. The second-order valence-electron chi connectivity index (χ2n) is 3.22. The second kappa shape index (κ2) is 6.00. The first-order valence-electron chi connectivity index (χ1n) is 4.89. The van der Waals surface area contributed by atoms with E-state index >= 15 is 0 Å². The minimum Gasteiger partial charge on any atom is -0.481 e. The van der Waals surface area contributed by atoms with Crippen LogP contribution in [0, 0.1) is 0 Å². The summed E-state index contributed by atoms with van der Waals surface area (Å²) in [5, 5.41) is 0. The van der Waals surface area contributed by atoms with Gasteiger partial charge in [-0.1, -0.05) is 0 Å². The van der Waals surface area contributed by atoms with Gasteiger partial charge in [-0.15, -0.1) is 0 Å². The summed E-state index contributed by atoms with van der Waals surface area (Å²) in [5.74, 6) is -0.168. The van der Waals surface area contributed by atoms with Crippen LogP contribution < -0.4 is 15.2 Å². The van der Waals surface area contributed by atoms with Gasteiger partial charge in [-0.25, -0.2) is 4.98 Å². The normalized spacial score (nSPS) is 11.8. The number of nitrogens with zero attached hydrogens (tertiary/aromatic N) is 2. The summed E-state index contributed by atoms with van der Waals surface area (Å²) >= 11 is 0. The molecule has 0 saturated heterocycles. The molecule has 1 atom stereocenters. The Balaban J connectivity index is 2.87. The first kappa shape index (κ1) is 13.2. The van der Waals surface area contributed by atoms with Crippen LogP contribution in [0.15, 0.2) is 6.20 Å². The Kier molecular flexibility index (Phi) is 4.65. The van der Waals surface area contributed by atoms with Gasteiger partial charge < -0.3 is 19.9 Å². The molecule has 0 aromatic carbocycles. The molecule has 0 fully saturated rings. The molecule has 17 heavy (non-hydrogen) atoms. The van der Waals surface area contributed by atoms with Crippen molar-refractivity contribution in [1.29, 1.82) is 0 Å². The number of ether oxygens (including phenoxy) is 3. The van der Waals surface area contributed by atoms with E-state index in [1.54, 1.807) is 0 Å². The molecule has 1 aromatic rings. The van der Waals surface area contributed by atoms with E-state index in [2.05, 4.69) is 14.7 Å². The fraction of sp³-hybridized carbons (Fsp3) is 0.500. The van der Waals surface area contributed by atoms with Crippen molar-refractivity contribution in [1.82, 2.24) is 9.97 Å². The average molecular weight is 241 g/mol. The molecule has 2 N–H and O–H groups in total. The number of hydrogen-bond donors (Lipinski definition) is 1. The zero-order valence-corrected chi connectivity index (χ0v) is 9.97. The van der Waals surface area contributed by atoms with Crippen LogP contribution in [0.5, 0.6) is 11.9 Å². The van der Waals surface area contributed by atoms with Gasteiger partial charge in [-0.05, 0) is 0 Å². The molecule has 94 valence electrons. The van der Waals surface area contributed by atoms with Crippen molar-refractivity contribution in [2.45, 2.75) is 12.5 Å². The lowest BCUT2D eigenvalue weighted by Crippen LogP contribution is -2.33. The molecule has 0 radical (unpaired) electrons. The highest BCUT2D eigenvalue weighted by atomic mass is 16.5. The quantitative estimate of drug-likeness (QED) is 0.696. The molecule has 0 bridgehead atoms. The molecule has 7 nitrogen and oxygen atoms in total. The summed E-state index contributed by atoms with van der Waals surface area (Å²) in [4.78, 5) is 19.1. The van der Waals surface area contributed by atoms with E-state index in [9.17, 15) is 4.79 Å². The van der Waals surface area contributed by atoms with E-state index in [-0.39, 0.29) is 12.4 Å². The van der Waals surface area contributed by atoms with Crippen molar-refractivity contribution in [2.75, 3.05) is 21.3 Å². The van der Waals surface area contributed by atoms with Gasteiger partial charge in [0.15, 0.2) is 0 Å². The molecule has 0 aliphatic heterocycles. The van der Waals surface area contributed by atoms with Crippen molar-refractivity contribution >= 4 is 5.97 Å². The van der Waals surface area contributed by atoms with Crippen LogP contribution in [0.3, 0.4) is 0 Å². The first-order chi connectivity index (χ1) is 8.12. The van der Waals surface area contributed by atoms with Crippen LogP contribution in [0.1, 0.15) is 5.56 Å². The molecule has 0 spiro atoms. The topological polar surface area (TPSA) is 96.6 Å². The Bertz CT molecular complexity index is 397. The minimum absolute atomic E-state index is 0.192. The minimum atomic E-state index is -0.772. The fourth-order valence-electron chi connectivity index (χ4n) is 1.26. The predicted molar refractivity (Wildman–Crippen MR) is 58.8 cm³/mol. The Morgan fingerprint density at radius 1 is 1.41 bits per heavy atom. The Morgan fingerprint density at radius 2 is 2.12 bits per heavy atom. The zero-order chi connectivity index (χ0) is 12.8. The number of carbonyl (C=O) groups is 1. The summed E-state index contributed by atoms with van der Waals surface area (Å²) < 4.78 is 14.5. The van der Waals surface area contributed by atoms with Crippen LogP contribution in [0.25, 0.3) is 0 Å². The van der Waals surface area contributed by atoms with Gasteiger partial charge in [0.25, 0.3) is 0 Å². The smallest absolute Gasteiger partial charge is 0.322 e. The Labute approximate surface area is 98.9 Å². The lowest BCUT2D eigenvalue weighted by molar-refractivity contribution is -0.142. The van der Waals surface area contributed by atoms with Crippen molar-refractivity contribution in [3.05, 3.63) is 11.8 Å². The van der Waals surface area contributed by atoms with Gasteiger partial charge in [-0.2, -0.15) is 4.98 Å². The number of rotatable bonds is 5. The second-order valence-corrected chi connectivity index (χ2v) is 3.22. The lowest BCUT2D eigenvalue weighted by atomic mass is 10.1. The highest BCUT2D eigenvalue weighted by Crippen LogP contribution is 2.18. The summed E-state index contributed by atoms with van der Waals surface area (Å²) in [7, 11) is 4.20. The number of nitrogens with two attached hydrogens (primary N) is 1. The molecule has 1 unspecified atom stereocenters. The summed E-state index contributed by atoms with van der Waals surface area (Å²) in [6, 6.07) is -0.580. The maximum Gasteiger partial charge on any atom is 0.322 e. The standard InChI is InChI=1S/C10H15N3O4/c1-15-8-6(4-7(11)9(14)16-2)5-12-10(13-8)17-3/h5,7H,4,11H2,1-3H3. The van der Waals surface area contributed by atoms with Crippen molar-refractivity contribution < 1.29 is 19.0 Å². The molecule has 1 heterocycles. The summed E-state index contributed by atoms with van der Waals surface area (Å²) in [6.07, 6.45) is 1.74. The third kappa shape index (κ3) is 3.28. The van der Waals surface area contributed by atoms with Crippen molar-refractivity contribution in [3.8, 4) is 11.9 Å². The van der Waals surface area contributed by atoms with E-state index in [0.29, 0.717) is 11.4 Å². The number of aromatic nitrogens is 2. The van der Waals surface area contributed by atoms with E-state index in [4.69, 9.17) is 15.2 Å². The monoisotopic (exact) mass is 241 g/mol. The summed E-state index contributed by atoms with van der Waals surface area (Å²) in [5.41, 5.74) is 6.25. The molecule has 0 saturated carbocycles. The zero-order valence-electron chi connectivity index (χ0n) is 9.97. The Morgan fingerprint density at radius 3 is 2.65 bits per heavy atom. The molecule has 1 rings (SSSR count). The number of esters is 1. The van der Waals surface area contributed by atoms with Crippen LogP contribution >= 0.6 is 0 Å². The molecular weight excluding hydrogens is 226 g/mol. The van der Waals surface area contributed by atoms with Crippen LogP contribution in [0.4, 0.5) is 0 Å². The molecule has 7 heteroatoms. The van der Waals surface area contributed by atoms with E-state index in [1.807, 2.05) is 0 Å². The van der Waals surface area contributed by atoms with Gasteiger partial charge in [0.2, 0.25) is 5.88 Å². The summed E-state index contributed by atoms with van der Waals surface area (Å²) in [6.45, 7) is 0. The van der Waals surface area contributed by atoms with E-state index in [0.717, 1.165) is 0 Å². The number of hydrogen-bond acceptors (Lipinski definition) is 7. The highest BCUT2D eigenvalue weighted by Gasteiger charge is 2.18. The van der Waals surface area contributed by atoms with Gasteiger partial charge >= 0.3 is 12.0 Å². The number of carbonyl (C=O) groups excluding carboxylic acids is 1. The Hall–Kier alpha value is -1.89. The highest BCUT2D eigenvalue weighted by molar-refractivity contribution is 5.75. The molecular formula is C10H15N3O4. The van der Waals surface area contributed by atoms with Gasteiger partial charge in [-0.3, -0.25) is 4.79 Å². The van der Waals surface area contributed by atoms with E-state index in [1.165, 1.54) is 27.5 Å². The predicted octanol–water partition coefficient (Wildman–Crippen LogP) is -0.463.